The number of hydrogen-bond donors (Lipinski definition) is 0. The molecule has 2 nitrogen and oxygen atoms in total. The van der Waals surface area contributed by atoms with Gasteiger partial charge in [0.15, 0.2) is 0 Å². The Kier molecular flexibility index (Phi) is 5.84. The quantitative estimate of drug-likeness (QED) is 0.606. The normalized spacial score (nSPS) is 19.1. The predicted molar refractivity (Wildman–Crippen MR) is 97.2 cm³/mol. The molecule has 0 saturated heterocycles. The summed E-state index contributed by atoms with van der Waals surface area (Å²) in [6.45, 7) is 6.33. The smallest absolute Gasteiger partial charge is 0.145 e. The Balaban J connectivity index is 2.22. The highest BCUT2D eigenvalue weighted by Crippen LogP contribution is 2.43. The average molecular weight is 340 g/mol. The molecule has 1 fully saturated rings. The number of nitrogens with zero attached hydrogens (tertiary/aromatic N) is 1. The fourth-order valence-corrected chi connectivity index (χ4v) is 4.60. The van der Waals surface area contributed by atoms with Gasteiger partial charge < -0.3 is 0 Å². The minimum Gasteiger partial charge on any atom is -0.234 e. The molecule has 22 heavy (non-hydrogen) atoms. The maximum atomic E-state index is 12.7. The zero-order chi connectivity index (χ0) is 16.2. The molecule has 0 aromatic heterocycles. The predicted octanol–water partition coefficient (Wildman–Crippen LogP) is 5.47. The second kappa shape index (κ2) is 7.27. The molecule has 1 saturated carbocycles. The minimum atomic E-state index is -1.17. The summed E-state index contributed by atoms with van der Waals surface area (Å²) in [5.74, 6) is 0. The van der Waals surface area contributed by atoms with Crippen molar-refractivity contribution in [1.82, 2.24) is 0 Å². The lowest BCUT2D eigenvalue weighted by Gasteiger charge is -2.39. The summed E-state index contributed by atoms with van der Waals surface area (Å²) in [6.07, 6.45) is 8.01. The van der Waals surface area contributed by atoms with Gasteiger partial charge in [0.25, 0.3) is 0 Å². The van der Waals surface area contributed by atoms with Crippen molar-refractivity contribution in [2.75, 3.05) is 0 Å². The molecule has 1 aliphatic rings. The second-order valence-electron chi connectivity index (χ2n) is 6.24. The molecule has 0 spiro atoms. The van der Waals surface area contributed by atoms with Gasteiger partial charge in [0.1, 0.15) is 11.0 Å². The maximum Gasteiger partial charge on any atom is 0.145 e. The summed E-state index contributed by atoms with van der Waals surface area (Å²) in [4.78, 5) is 0. The van der Waals surface area contributed by atoms with Gasteiger partial charge in [-0.3, -0.25) is 0 Å². The fraction of sp³-hybridized carbons (Fsp3) is 0.611. The lowest BCUT2D eigenvalue weighted by Crippen LogP contribution is -2.37. The summed E-state index contributed by atoms with van der Waals surface area (Å²) in [6, 6.07) is 8.00. The van der Waals surface area contributed by atoms with E-state index in [0.29, 0.717) is 0 Å². The molecule has 1 aromatic carbocycles. The number of rotatable bonds is 7. The average Bonchev–Trinajstić information content (AvgIpc) is 2.50. The van der Waals surface area contributed by atoms with E-state index in [2.05, 4.69) is 37.3 Å². The zero-order valence-electron chi connectivity index (χ0n) is 13.8. The highest BCUT2D eigenvalue weighted by atomic mass is 35.5. The summed E-state index contributed by atoms with van der Waals surface area (Å²) in [7, 11) is -1.17. The van der Waals surface area contributed by atoms with Crippen molar-refractivity contribution in [2.24, 2.45) is 4.40 Å². The Bertz CT molecular complexity index is 536. The summed E-state index contributed by atoms with van der Waals surface area (Å²) in [5.41, 5.74) is 1.19. The van der Waals surface area contributed by atoms with Crippen molar-refractivity contribution in [2.45, 2.75) is 69.5 Å². The number of hydrogen-bond acceptors (Lipinski definition) is 1. The van der Waals surface area contributed by atoms with Crippen molar-refractivity contribution < 1.29 is 4.21 Å². The Morgan fingerprint density at radius 3 is 2.14 bits per heavy atom. The topological polar surface area (TPSA) is 29.4 Å². The number of halogens is 1. The van der Waals surface area contributed by atoms with E-state index in [1.54, 1.807) is 0 Å². The fourth-order valence-electron chi connectivity index (χ4n) is 3.21. The van der Waals surface area contributed by atoms with Crippen LogP contribution in [0.3, 0.4) is 0 Å². The van der Waals surface area contributed by atoms with Crippen LogP contribution in [0.2, 0.25) is 5.02 Å². The van der Waals surface area contributed by atoms with Gasteiger partial charge in [0, 0.05) is 16.7 Å². The van der Waals surface area contributed by atoms with Crippen LogP contribution in [0.25, 0.3) is 0 Å². The van der Waals surface area contributed by atoms with E-state index in [-0.39, 0.29) is 10.2 Å². The third kappa shape index (κ3) is 3.30. The highest BCUT2D eigenvalue weighted by molar-refractivity contribution is 7.85. The molecule has 4 heteroatoms. The third-order valence-electron chi connectivity index (χ3n) is 5.36. The molecule has 0 unspecified atom stereocenters. The van der Waals surface area contributed by atoms with Gasteiger partial charge in [-0.2, -0.15) is 4.40 Å². The molecule has 1 aromatic rings. The monoisotopic (exact) mass is 339 g/mol. The van der Waals surface area contributed by atoms with Crippen molar-refractivity contribution in [3.05, 3.63) is 34.9 Å². The van der Waals surface area contributed by atoms with Crippen LogP contribution in [-0.2, 0) is 16.4 Å². The van der Waals surface area contributed by atoms with Crippen LogP contribution in [0.5, 0.6) is 0 Å². The van der Waals surface area contributed by atoms with Crippen LogP contribution in [-0.4, -0.2) is 15.2 Å². The van der Waals surface area contributed by atoms with Crippen LogP contribution >= 0.6 is 11.6 Å². The molecular formula is C18H26ClNOS. The Morgan fingerprint density at radius 2 is 1.73 bits per heavy atom. The molecule has 122 valence electrons. The zero-order valence-corrected chi connectivity index (χ0v) is 15.3. The lowest BCUT2D eigenvalue weighted by molar-refractivity contribution is 0.348. The molecule has 1 aliphatic carbocycles. The Morgan fingerprint density at radius 1 is 1.18 bits per heavy atom. The summed E-state index contributed by atoms with van der Waals surface area (Å²) in [5, 5.41) is 0.751. The molecule has 0 N–H and O–H groups in total. The van der Waals surface area contributed by atoms with Gasteiger partial charge in [-0.1, -0.05) is 50.9 Å². The standard InChI is InChI=1S/C18H26ClNOS/c1-4-18(5-2,6-3)22(21)20-14-17(12-7-13-17)15-8-10-16(19)11-9-15/h8-11,14H,4-7,12-13H2,1-3H3/b20-14+/t22-/m1/s1. The molecule has 0 aliphatic heterocycles. The molecule has 1 atom stereocenters. The van der Waals surface area contributed by atoms with E-state index < -0.39 is 11.0 Å². The van der Waals surface area contributed by atoms with E-state index >= 15 is 0 Å². The first-order valence-electron chi connectivity index (χ1n) is 8.25. The lowest BCUT2D eigenvalue weighted by atomic mass is 9.65. The van der Waals surface area contributed by atoms with Crippen LogP contribution in [0.1, 0.15) is 64.9 Å². The van der Waals surface area contributed by atoms with E-state index in [1.807, 2.05) is 18.3 Å². The first kappa shape index (κ1) is 17.7. The van der Waals surface area contributed by atoms with Gasteiger partial charge in [-0.15, -0.1) is 0 Å². The van der Waals surface area contributed by atoms with Crippen molar-refractivity contribution in [1.29, 1.82) is 0 Å². The van der Waals surface area contributed by atoms with Crippen molar-refractivity contribution in [3.8, 4) is 0 Å². The summed E-state index contributed by atoms with van der Waals surface area (Å²) < 4.78 is 17.1. The van der Waals surface area contributed by atoms with E-state index in [4.69, 9.17) is 11.6 Å². The van der Waals surface area contributed by atoms with Crippen LogP contribution in [0.15, 0.2) is 28.7 Å². The molecule has 0 bridgehead atoms. The van der Waals surface area contributed by atoms with E-state index in [0.717, 1.165) is 37.1 Å². The SMILES string of the molecule is CCC(CC)(CC)[S@@](=O)/N=C/C1(c2ccc(Cl)cc2)CCC1. The van der Waals surface area contributed by atoms with Crippen molar-refractivity contribution in [3.63, 3.8) is 0 Å². The van der Waals surface area contributed by atoms with Gasteiger partial charge in [0.05, 0.1) is 4.75 Å². The molecule has 2 rings (SSSR count). The van der Waals surface area contributed by atoms with Gasteiger partial charge in [0.2, 0.25) is 0 Å². The minimum absolute atomic E-state index is 0.0405. The largest absolute Gasteiger partial charge is 0.234 e. The molecular weight excluding hydrogens is 314 g/mol. The molecule has 0 heterocycles. The first-order chi connectivity index (χ1) is 10.5. The molecule has 0 radical (unpaired) electrons. The van der Waals surface area contributed by atoms with Crippen molar-refractivity contribution >= 4 is 28.8 Å². The highest BCUT2D eigenvalue weighted by Gasteiger charge is 2.38. The van der Waals surface area contributed by atoms with Gasteiger partial charge >= 0.3 is 0 Å². The van der Waals surface area contributed by atoms with Gasteiger partial charge in [-0.25, -0.2) is 4.21 Å². The van der Waals surface area contributed by atoms with Crippen LogP contribution in [0.4, 0.5) is 0 Å². The second-order valence-corrected chi connectivity index (χ2v) is 8.26. The third-order valence-corrected chi connectivity index (χ3v) is 7.52. The number of benzene rings is 1. The van der Waals surface area contributed by atoms with Crippen LogP contribution < -0.4 is 0 Å². The summed E-state index contributed by atoms with van der Waals surface area (Å²) >= 11 is 5.98. The van der Waals surface area contributed by atoms with Gasteiger partial charge in [-0.05, 0) is 49.8 Å². The van der Waals surface area contributed by atoms with E-state index in [1.165, 1.54) is 12.0 Å². The van der Waals surface area contributed by atoms with E-state index in [9.17, 15) is 4.21 Å². The maximum absolute atomic E-state index is 12.7. The Hall–Kier alpha value is -0.670. The Labute approximate surface area is 142 Å². The first-order valence-corrected chi connectivity index (χ1v) is 9.73. The van der Waals surface area contributed by atoms with Crippen LogP contribution in [0, 0.1) is 0 Å². The molecule has 0 amide bonds.